The van der Waals surface area contributed by atoms with E-state index in [-0.39, 0.29) is 11.8 Å². The number of hydrogen-bond acceptors (Lipinski definition) is 3. The molecule has 0 aliphatic carbocycles. The predicted octanol–water partition coefficient (Wildman–Crippen LogP) is 4.36. The largest absolute Gasteiger partial charge is 0.481 e. The Hall–Kier alpha value is -2.79. The van der Waals surface area contributed by atoms with Crippen molar-refractivity contribution < 1.29 is 9.53 Å². The van der Waals surface area contributed by atoms with Gasteiger partial charge in [0.25, 0.3) is 0 Å². The monoisotopic (exact) mass is 369 g/mol. The van der Waals surface area contributed by atoms with E-state index in [4.69, 9.17) is 16.3 Å². The summed E-state index contributed by atoms with van der Waals surface area (Å²) in [5.74, 6) is 0.476. The summed E-state index contributed by atoms with van der Waals surface area (Å²) in [4.78, 5) is 16.6. The third-order valence-electron chi connectivity index (χ3n) is 4.10. The highest BCUT2D eigenvalue weighted by atomic mass is 35.5. The number of rotatable bonds is 7. The fourth-order valence-corrected chi connectivity index (χ4v) is 2.91. The molecular weight excluding hydrogens is 350 g/mol. The fraction of sp³-hybridized carbons (Fsp3) is 0.200. The Bertz CT molecular complexity index is 831. The molecule has 0 radical (unpaired) electrons. The molecule has 5 nitrogen and oxygen atoms in total. The highest BCUT2D eigenvalue weighted by molar-refractivity contribution is 6.30. The van der Waals surface area contributed by atoms with E-state index in [1.807, 2.05) is 48.8 Å². The number of carbonyl (C=O) groups excluding carboxylic acids is 1. The zero-order valence-electron chi connectivity index (χ0n) is 14.4. The summed E-state index contributed by atoms with van der Waals surface area (Å²) in [6.45, 7) is 0.711. The van der Waals surface area contributed by atoms with Crippen molar-refractivity contribution in [1.82, 2.24) is 9.55 Å². The van der Waals surface area contributed by atoms with E-state index in [0.29, 0.717) is 29.6 Å². The van der Waals surface area contributed by atoms with Gasteiger partial charge in [0, 0.05) is 42.4 Å². The lowest BCUT2D eigenvalue weighted by atomic mass is 9.95. The van der Waals surface area contributed by atoms with Crippen molar-refractivity contribution in [3.63, 3.8) is 0 Å². The van der Waals surface area contributed by atoms with E-state index in [2.05, 4.69) is 14.9 Å². The number of aromatic nitrogens is 2. The number of hydrogen-bond donors (Lipinski definition) is 1. The van der Waals surface area contributed by atoms with Gasteiger partial charge in [0.05, 0.1) is 19.0 Å². The molecule has 2 aromatic heterocycles. The van der Waals surface area contributed by atoms with Gasteiger partial charge in [-0.1, -0.05) is 23.7 Å². The minimum Gasteiger partial charge on any atom is -0.481 e. The first kappa shape index (κ1) is 18.0. The molecule has 0 bridgehead atoms. The number of methoxy groups -OCH3 is 1. The van der Waals surface area contributed by atoms with Crippen LogP contribution in [0, 0.1) is 0 Å². The summed E-state index contributed by atoms with van der Waals surface area (Å²) < 4.78 is 7.10. The molecule has 6 heteroatoms. The predicted molar refractivity (Wildman–Crippen MR) is 103 cm³/mol. The summed E-state index contributed by atoms with van der Waals surface area (Å²) in [6.07, 6.45) is 5.92. The van der Waals surface area contributed by atoms with Crippen molar-refractivity contribution in [3.05, 3.63) is 77.7 Å². The quantitative estimate of drug-likeness (QED) is 0.673. The topological polar surface area (TPSA) is 56.1 Å². The summed E-state index contributed by atoms with van der Waals surface area (Å²) in [5.41, 5.74) is 1.72. The highest BCUT2D eigenvalue weighted by Gasteiger charge is 2.17. The first-order valence-electron chi connectivity index (χ1n) is 8.30. The summed E-state index contributed by atoms with van der Waals surface area (Å²) in [5, 5.41) is 3.57. The van der Waals surface area contributed by atoms with Crippen molar-refractivity contribution in [2.75, 3.05) is 12.4 Å². The van der Waals surface area contributed by atoms with Gasteiger partial charge >= 0.3 is 0 Å². The van der Waals surface area contributed by atoms with Gasteiger partial charge in [-0.2, -0.15) is 0 Å². The van der Waals surface area contributed by atoms with Gasteiger partial charge in [-0.15, -0.1) is 0 Å². The Kier molecular flexibility index (Phi) is 5.92. The van der Waals surface area contributed by atoms with Gasteiger partial charge < -0.3 is 14.6 Å². The number of pyridine rings is 1. The van der Waals surface area contributed by atoms with Crippen LogP contribution in [-0.2, 0) is 11.3 Å². The number of carbonyl (C=O) groups is 1. The molecule has 3 rings (SSSR count). The molecule has 2 heterocycles. The van der Waals surface area contributed by atoms with Crippen molar-refractivity contribution in [2.24, 2.45) is 0 Å². The first-order valence-corrected chi connectivity index (χ1v) is 8.68. The third kappa shape index (κ3) is 4.86. The summed E-state index contributed by atoms with van der Waals surface area (Å²) in [7, 11) is 1.55. The van der Waals surface area contributed by atoms with Crippen LogP contribution in [-0.4, -0.2) is 22.6 Å². The number of nitrogens with zero attached hydrogens (tertiary/aromatic N) is 2. The SMILES string of the molecule is COc1ccc(NC(=O)C[C@H](Cn2cccc2)c2ccc(Cl)cc2)cn1. The minimum atomic E-state index is -0.0657. The fourth-order valence-electron chi connectivity index (χ4n) is 2.78. The Labute approximate surface area is 157 Å². The first-order chi connectivity index (χ1) is 12.6. The van der Waals surface area contributed by atoms with Crippen LogP contribution in [0.25, 0.3) is 0 Å². The smallest absolute Gasteiger partial charge is 0.225 e. The van der Waals surface area contributed by atoms with Crippen molar-refractivity contribution in [1.29, 1.82) is 0 Å². The number of ether oxygens (including phenoxy) is 1. The van der Waals surface area contributed by atoms with Gasteiger partial charge in [-0.25, -0.2) is 4.98 Å². The Morgan fingerprint density at radius 2 is 1.92 bits per heavy atom. The molecule has 0 saturated carbocycles. The van der Waals surface area contributed by atoms with Crippen LogP contribution >= 0.6 is 11.6 Å². The molecule has 0 unspecified atom stereocenters. The molecule has 3 aromatic rings. The van der Waals surface area contributed by atoms with E-state index in [1.54, 1.807) is 25.4 Å². The molecule has 1 N–H and O–H groups in total. The molecule has 1 amide bonds. The molecule has 0 fully saturated rings. The van der Waals surface area contributed by atoms with E-state index in [0.717, 1.165) is 5.56 Å². The van der Waals surface area contributed by atoms with Crippen molar-refractivity contribution in [3.8, 4) is 5.88 Å². The number of nitrogens with one attached hydrogen (secondary N) is 1. The van der Waals surface area contributed by atoms with Crippen LogP contribution in [0.1, 0.15) is 17.9 Å². The number of halogens is 1. The van der Waals surface area contributed by atoms with Gasteiger partial charge in [-0.3, -0.25) is 4.79 Å². The maximum Gasteiger partial charge on any atom is 0.225 e. The van der Waals surface area contributed by atoms with E-state index >= 15 is 0 Å². The highest BCUT2D eigenvalue weighted by Crippen LogP contribution is 2.24. The van der Waals surface area contributed by atoms with Crippen LogP contribution < -0.4 is 10.1 Å². The van der Waals surface area contributed by atoms with E-state index < -0.39 is 0 Å². The van der Waals surface area contributed by atoms with Gasteiger partial charge in [-0.05, 0) is 35.9 Å². The van der Waals surface area contributed by atoms with Gasteiger partial charge in [0.2, 0.25) is 11.8 Å². The Morgan fingerprint density at radius 1 is 1.19 bits per heavy atom. The number of benzene rings is 1. The third-order valence-corrected chi connectivity index (χ3v) is 4.35. The average molecular weight is 370 g/mol. The molecule has 0 spiro atoms. The molecule has 0 aliphatic heterocycles. The van der Waals surface area contributed by atoms with Crippen LogP contribution in [0.4, 0.5) is 5.69 Å². The number of anilines is 1. The lowest BCUT2D eigenvalue weighted by Crippen LogP contribution is -2.18. The molecule has 0 aliphatic rings. The van der Waals surface area contributed by atoms with Gasteiger partial charge in [0.1, 0.15) is 0 Å². The lowest BCUT2D eigenvalue weighted by molar-refractivity contribution is -0.116. The molecule has 0 saturated heterocycles. The maximum absolute atomic E-state index is 12.5. The second-order valence-corrected chi connectivity index (χ2v) is 6.41. The number of amides is 1. The molecular formula is C20H20ClN3O2. The minimum absolute atomic E-state index is 0.0332. The Morgan fingerprint density at radius 3 is 2.54 bits per heavy atom. The lowest BCUT2D eigenvalue weighted by Gasteiger charge is -2.18. The van der Waals surface area contributed by atoms with Crippen LogP contribution in [0.15, 0.2) is 67.1 Å². The zero-order chi connectivity index (χ0) is 18.4. The second kappa shape index (κ2) is 8.54. The zero-order valence-corrected chi connectivity index (χ0v) is 15.2. The maximum atomic E-state index is 12.5. The van der Waals surface area contributed by atoms with Crippen LogP contribution in [0.2, 0.25) is 5.02 Å². The van der Waals surface area contributed by atoms with Crippen LogP contribution in [0.5, 0.6) is 5.88 Å². The molecule has 26 heavy (non-hydrogen) atoms. The second-order valence-electron chi connectivity index (χ2n) is 5.97. The standard InChI is InChI=1S/C20H20ClN3O2/c1-26-20-9-8-18(13-22-20)23-19(25)12-16(14-24-10-2-3-11-24)15-4-6-17(21)7-5-15/h2-11,13,16H,12,14H2,1H3,(H,23,25)/t16-/m1/s1. The van der Waals surface area contributed by atoms with Crippen LogP contribution in [0.3, 0.4) is 0 Å². The van der Waals surface area contributed by atoms with E-state index in [1.165, 1.54) is 0 Å². The van der Waals surface area contributed by atoms with Crippen molar-refractivity contribution in [2.45, 2.75) is 18.9 Å². The van der Waals surface area contributed by atoms with E-state index in [9.17, 15) is 4.79 Å². The van der Waals surface area contributed by atoms with Crippen molar-refractivity contribution >= 4 is 23.2 Å². The summed E-state index contributed by atoms with van der Waals surface area (Å²) in [6, 6.07) is 15.1. The Balaban J connectivity index is 1.71. The molecule has 134 valence electrons. The molecule has 1 atom stereocenters. The van der Waals surface area contributed by atoms with Gasteiger partial charge in [0.15, 0.2) is 0 Å². The normalized spacial score (nSPS) is 11.8. The molecule has 1 aromatic carbocycles. The average Bonchev–Trinajstić information content (AvgIpc) is 3.15. The summed E-state index contributed by atoms with van der Waals surface area (Å²) >= 11 is 6.00.